The van der Waals surface area contributed by atoms with Crippen LogP contribution < -0.4 is 5.32 Å². The maximum atomic E-state index is 11.2. The van der Waals surface area contributed by atoms with Crippen molar-refractivity contribution in [2.45, 2.75) is 38.8 Å². The van der Waals surface area contributed by atoms with Gasteiger partial charge < -0.3 is 10.2 Å². The first kappa shape index (κ1) is 11.9. The highest BCUT2D eigenvalue weighted by Gasteiger charge is 2.27. The largest absolute Gasteiger partial charge is 0.340 e. The van der Waals surface area contributed by atoms with Crippen LogP contribution in [0.25, 0.3) is 0 Å². The van der Waals surface area contributed by atoms with Gasteiger partial charge in [0.1, 0.15) is 0 Å². The quantitative estimate of drug-likeness (QED) is 0.697. The van der Waals surface area contributed by atoms with Gasteiger partial charge in [0.05, 0.1) is 0 Å². The van der Waals surface area contributed by atoms with E-state index in [-0.39, 0.29) is 5.91 Å². The fraction of sp³-hybridized carbons (Fsp3) is 0.917. The van der Waals surface area contributed by atoms with E-state index in [1.165, 1.54) is 12.8 Å². The third-order valence-corrected chi connectivity index (χ3v) is 3.87. The molecule has 4 heteroatoms. The molecule has 2 heterocycles. The Morgan fingerprint density at radius 1 is 1.25 bits per heavy atom. The fourth-order valence-corrected chi connectivity index (χ4v) is 2.84. The normalized spacial score (nSPS) is 32.8. The van der Waals surface area contributed by atoms with Crippen LogP contribution in [-0.4, -0.2) is 60.5 Å². The van der Waals surface area contributed by atoms with Crippen LogP contribution in [0, 0.1) is 0 Å². The number of rotatable bonds is 1. The van der Waals surface area contributed by atoms with E-state index in [9.17, 15) is 4.79 Å². The molecule has 0 aliphatic carbocycles. The summed E-state index contributed by atoms with van der Waals surface area (Å²) in [5.74, 6) is 0.221. The summed E-state index contributed by atoms with van der Waals surface area (Å²) in [6, 6.07) is 1.37. The molecule has 4 nitrogen and oxygen atoms in total. The van der Waals surface area contributed by atoms with Gasteiger partial charge in [0.25, 0.3) is 0 Å². The Balaban J connectivity index is 1.81. The molecule has 0 aromatic carbocycles. The van der Waals surface area contributed by atoms with Crippen molar-refractivity contribution in [1.29, 1.82) is 0 Å². The van der Waals surface area contributed by atoms with Gasteiger partial charge in [0, 0.05) is 45.2 Å². The summed E-state index contributed by atoms with van der Waals surface area (Å²) in [6.45, 7) is 8.99. The molecule has 2 aliphatic rings. The summed E-state index contributed by atoms with van der Waals surface area (Å²) in [5.41, 5.74) is 0. The Kier molecular flexibility index (Phi) is 3.82. The molecule has 2 saturated heterocycles. The Morgan fingerprint density at radius 3 is 2.50 bits per heavy atom. The van der Waals surface area contributed by atoms with Crippen LogP contribution in [0.15, 0.2) is 0 Å². The Morgan fingerprint density at radius 2 is 1.94 bits per heavy atom. The number of hydrogen-bond donors (Lipinski definition) is 1. The summed E-state index contributed by atoms with van der Waals surface area (Å²) in [4.78, 5) is 15.8. The topological polar surface area (TPSA) is 35.6 Å². The molecule has 0 aromatic heterocycles. The van der Waals surface area contributed by atoms with Gasteiger partial charge >= 0.3 is 0 Å². The minimum atomic E-state index is 0.221. The van der Waals surface area contributed by atoms with E-state index >= 15 is 0 Å². The molecule has 2 atom stereocenters. The van der Waals surface area contributed by atoms with Crippen LogP contribution in [0.4, 0.5) is 0 Å². The predicted octanol–water partition coefficient (Wildman–Crippen LogP) is 0.291. The summed E-state index contributed by atoms with van der Waals surface area (Å²) < 4.78 is 0. The zero-order chi connectivity index (χ0) is 11.5. The van der Waals surface area contributed by atoms with Crippen molar-refractivity contribution < 1.29 is 4.79 Å². The number of amides is 1. The van der Waals surface area contributed by atoms with Gasteiger partial charge in [-0.2, -0.15) is 0 Å². The number of carbonyl (C=O) groups excluding carboxylic acids is 1. The van der Waals surface area contributed by atoms with Crippen molar-refractivity contribution in [2.24, 2.45) is 0 Å². The number of nitrogens with zero attached hydrogens (tertiary/aromatic N) is 2. The van der Waals surface area contributed by atoms with E-state index in [4.69, 9.17) is 0 Å². The number of piperazine rings is 1. The molecule has 2 aliphatic heterocycles. The third kappa shape index (κ3) is 2.74. The average Bonchev–Trinajstić information content (AvgIpc) is 2.29. The standard InChI is InChI=1S/C12H23N3O/c1-10-9-12(3-4-13-10)15-7-5-14(6-8-15)11(2)16/h10,12-13H,3-9H2,1-2H3. The van der Waals surface area contributed by atoms with Crippen LogP contribution >= 0.6 is 0 Å². The van der Waals surface area contributed by atoms with Crippen molar-refractivity contribution in [3.8, 4) is 0 Å². The second-order valence-corrected chi connectivity index (χ2v) is 5.08. The lowest BCUT2D eigenvalue weighted by atomic mass is 9.98. The van der Waals surface area contributed by atoms with E-state index in [2.05, 4.69) is 17.1 Å². The third-order valence-electron chi connectivity index (χ3n) is 3.87. The Bertz CT molecular complexity index is 249. The first-order chi connectivity index (χ1) is 7.66. The van der Waals surface area contributed by atoms with Crippen LogP contribution in [0.3, 0.4) is 0 Å². The fourth-order valence-electron chi connectivity index (χ4n) is 2.84. The summed E-state index contributed by atoms with van der Waals surface area (Å²) >= 11 is 0. The lowest BCUT2D eigenvalue weighted by Crippen LogP contribution is -2.54. The highest BCUT2D eigenvalue weighted by Crippen LogP contribution is 2.17. The molecule has 2 rings (SSSR count). The number of hydrogen-bond acceptors (Lipinski definition) is 3. The summed E-state index contributed by atoms with van der Waals surface area (Å²) in [6.07, 6.45) is 2.50. The summed E-state index contributed by atoms with van der Waals surface area (Å²) in [5, 5.41) is 3.49. The highest BCUT2D eigenvalue weighted by molar-refractivity contribution is 5.73. The zero-order valence-electron chi connectivity index (χ0n) is 10.4. The predicted molar refractivity (Wildman–Crippen MR) is 64.3 cm³/mol. The van der Waals surface area contributed by atoms with E-state index in [0.29, 0.717) is 6.04 Å². The number of carbonyl (C=O) groups is 1. The molecule has 0 bridgehead atoms. The second-order valence-electron chi connectivity index (χ2n) is 5.08. The molecule has 1 amide bonds. The molecule has 0 saturated carbocycles. The lowest BCUT2D eigenvalue weighted by molar-refractivity contribution is -0.131. The minimum absolute atomic E-state index is 0.221. The molecule has 16 heavy (non-hydrogen) atoms. The van der Waals surface area contributed by atoms with Gasteiger partial charge in [-0.15, -0.1) is 0 Å². The van der Waals surface area contributed by atoms with Gasteiger partial charge in [-0.25, -0.2) is 0 Å². The maximum absolute atomic E-state index is 11.2. The number of nitrogens with one attached hydrogen (secondary N) is 1. The SMILES string of the molecule is CC(=O)N1CCN(C2CCNC(C)C2)CC1. The molecule has 0 spiro atoms. The van der Waals surface area contributed by atoms with Gasteiger partial charge in [-0.05, 0) is 26.3 Å². The maximum Gasteiger partial charge on any atom is 0.219 e. The highest BCUT2D eigenvalue weighted by atomic mass is 16.2. The summed E-state index contributed by atoms with van der Waals surface area (Å²) in [7, 11) is 0. The van der Waals surface area contributed by atoms with Crippen LogP contribution in [0.1, 0.15) is 26.7 Å². The van der Waals surface area contributed by atoms with E-state index in [1.807, 2.05) is 4.90 Å². The zero-order valence-corrected chi connectivity index (χ0v) is 10.4. The molecule has 92 valence electrons. The molecular weight excluding hydrogens is 202 g/mol. The van der Waals surface area contributed by atoms with E-state index in [1.54, 1.807) is 6.92 Å². The van der Waals surface area contributed by atoms with Crippen molar-refractivity contribution >= 4 is 5.91 Å². The van der Waals surface area contributed by atoms with Gasteiger partial charge in [0.15, 0.2) is 0 Å². The first-order valence-electron chi connectivity index (χ1n) is 6.40. The molecule has 2 fully saturated rings. The van der Waals surface area contributed by atoms with Crippen molar-refractivity contribution in [2.75, 3.05) is 32.7 Å². The second kappa shape index (κ2) is 5.15. The van der Waals surface area contributed by atoms with Crippen molar-refractivity contribution in [3.05, 3.63) is 0 Å². The van der Waals surface area contributed by atoms with E-state index < -0.39 is 0 Å². The Hall–Kier alpha value is -0.610. The molecule has 0 radical (unpaired) electrons. The number of piperidine rings is 1. The minimum Gasteiger partial charge on any atom is -0.340 e. The lowest BCUT2D eigenvalue weighted by Gasteiger charge is -2.42. The van der Waals surface area contributed by atoms with Gasteiger partial charge in [-0.1, -0.05) is 0 Å². The van der Waals surface area contributed by atoms with Gasteiger partial charge in [0.2, 0.25) is 5.91 Å². The van der Waals surface area contributed by atoms with Gasteiger partial charge in [-0.3, -0.25) is 9.69 Å². The first-order valence-corrected chi connectivity index (χ1v) is 6.40. The smallest absolute Gasteiger partial charge is 0.219 e. The molecular formula is C12H23N3O. The van der Waals surface area contributed by atoms with Crippen molar-refractivity contribution in [1.82, 2.24) is 15.1 Å². The van der Waals surface area contributed by atoms with Crippen LogP contribution in [0.5, 0.6) is 0 Å². The average molecular weight is 225 g/mol. The Labute approximate surface area is 98.0 Å². The molecule has 0 aromatic rings. The molecule has 1 N–H and O–H groups in total. The van der Waals surface area contributed by atoms with E-state index in [0.717, 1.165) is 38.8 Å². The monoisotopic (exact) mass is 225 g/mol. The van der Waals surface area contributed by atoms with Crippen LogP contribution in [0.2, 0.25) is 0 Å². The molecule has 2 unspecified atom stereocenters. The van der Waals surface area contributed by atoms with Crippen molar-refractivity contribution in [3.63, 3.8) is 0 Å². The van der Waals surface area contributed by atoms with Crippen LogP contribution in [-0.2, 0) is 4.79 Å².